The molecular weight excluding hydrogens is 174 g/mol. The summed E-state index contributed by atoms with van der Waals surface area (Å²) >= 11 is 0. The van der Waals surface area contributed by atoms with E-state index in [0.29, 0.717) is 11.8 Å². The Morgan fingerprint density at radius 2 is 2.21 bits per heavy atom. The van der Waals surface area contributed by atoms with Crippen LogP contribution in [0.5, 0.6) is 5.75 Å². The number of benzene rings is 1. The zero-order valence-electron chi connectivity index (χ0n) is 8.75. The van der Waals surface area contributed by atoms with Crippen LogP contribution in [0.3, 0.4) is 0 Å². The quantitative estimate of drug-likeness (QED) is 0.767. The Bertz CT molecular complexity index is 335. The van der Waals surface area contributed by atoms with Crippen molar-refractivity contribution in [2.24, 2.45) is 5.92 Å². The molecule has 14 heavy (non-hydrogen) atoms. The van der Waals surface area contributed by atoms with Gasteiger partial charge in [-0.3, -0.25) is 0 Å². The van der Waals surface area contributed by atoms with Gasteiger partial charge in [-0.05, 0) is 25.3 Å². The predicted octanol–water partition coefficient (Wildman–Crippen LogP) is 2.20. The first-order valence-electron chi connectivity index (χ1n) is 5.18. The molecule has 0 radical (unpaired) electrons. The smallest absolute Gasteiger partial charge is 0.120 e. The van der Waals surface area contributed by atoms with Crippen molar-refractivity contribution >= 4 is 0 Å². The maximum absolute atomic E-state index is 9.59. The van der Waals surface area contributed by atoms with Gasteiger partial charge in [-0.25, -0.2) is 0 Å². The summed E-state index contributed by atoms with van der Waals surface area (Å²) in [4.78, 5) is 0. The van der Waals surface area contributed by atoms with E-state index in [1.807, 2.05) is 19.1 Å². The summed E-state index contributed by atoms with van der Waals surface area (Å²) in [5, 5.41) is 13.0. The molecule has 0 aromatic heterocycles. The lowest BCUT2D eigenvalue weighted by molar-refractivity contribution is 0.463. The zero-order valence-corrected chi connectivity index (χ0v) is 8.75. The lowest BCUT2D eigenvalue weighted by Crippen LogP contribution is -2.17. The maximum atomic E-state index is 9.59. The van der Waals surface area contributed by atoms with Crippen LogP contribution in [0, 0.1) is 12.8 Å². The van der Waals surface area contributed by atoms with Crippen LogP contribution in [0.4, 0.5) is 0 Å². The summed E-state index contributed by atoms with van der Waals surface area (Å²) in [5.74, 6) is 1.21. The first-order valence-corrected chi connectivity index (χ1v) is 5.18. The van der Waals surface area contributed by atoms with Gasteiger partial charge in [0.05, 0.1) is 0 Å². The average molecular weight is 191 g/mol. The second-order valence-electron chi connectivity index (χ2n) is 4.33. The third-order valence-electron chi connectivity index (χ3n) is 2.90. The maximum Gasteiger partial charge on any atom is 0.120 e. The molecule has 2 nitrogen and oxygen atoms in total. The highest BCUT2D eigenvalue weighted by Crippen LogP contribution is 2.29. The second kappa shape index (κ2) is 3.62. The number of hydrogen-bond acceptors (Lipinski definition) is 2. The number of aromatic hydroxyl groups is 1. The van der Waals surface area contributed by atoms with E-state index >= 15 is 0 Å². The molecule has 2 unspecified atom stereocenters. The van der Waals surface area contributed by atoms with Gasteiger partial charge < -0.3 is 10.4 Å². The van der Waals surface area contributed by atoms with Gasteiger partial charge in [0.25, 0.3) is 0 Å². The number of hydrogen-bond donors (Lipinski definition) is 2. The molecule has 0 heterocycles. The van der Waals surface area contributed by atoms with Crippen LogP contribution in [-0.4, -0.2) is 11.1 Å². The number of aryl methyl sites for hydroxylation is 1. The molecule has 1 aromatic carbocycles. The Labute approximate surface area is 85.0 Å². The van der Waals surface area contributed by atoms with Crippen LogP contribution in [0.1, 0.15) is 24.5 Å². The van der Waals surface area contributed by atoms with E-state index < -0.39 is 0 Å². The van der Waals surface area contributed by atoms with E-state index in [0.717, 1.165) is 18.0 Å². The molecule has 0 bridgehead atoms. The minimum Gasteiger partial charge on any atom is -0.508 e. The molecule has 2 N–H and O–H groups in total. The van der Waals surface area contributed by atoms with Gasteiger partial charge in [-0.2, -0.15) is 0 Å². The molecule has 2 heteroatoms. The number of nitrogens with one attached hydrogen (secondary N) is 1. The molecule has 2 atom stereocenters. The number of rotatable bonds is 3. The van der Waals surface area contributed by atoms with Crippen molar-refractivity contribution in [2.75, 3.05) is 0 Å². The molecule has 76 valence electrons. The molecule has 0 spiro atoms. The minimum absolute atomic E-state index is 0.399. The van der Waals surface area contributed by atoms with Gasteiger partial charge in [0.15, 0.2) is 0 Å². The van der Waals surface area contributed by atoms with Crippen LogP contribution >= 0.6 is 0 Å². The zero-order chi connectivity index (χ0) is 10.1. The highest BCUT2D eigenvalue weighted by molar-refractivity contribution is 5.35. The van der Waals surface area contributed by atoms with Crippen LogP contribution in [0.2, 0.25) is 0 Å². The topological polar surface area (TPSA) is 32.3 Å². The van der Waals surface area contributed by atoms with E-state index in [1.54, 1.807) is 6.07 Å². The fraction of sp³-hybridized carbons (Fsp3) is 0.500. The Hall–Kier alpha value is -1.02. The monoisotopic (exact) mass is 191 g/mol. The van der Waals surface area contributed by atoms with Crippen molar-refractivity contribution in [3.63, 3.8) is 0 Å². The summed E-state index contributed by atoms with van der Waals surface area (Å²) in [6, 6.07) is 6.39. The molecule has 0 saturated heterocycles. The molecule has 1 fully saturated rings. The summed E-state index contributed by atoms with van der Waals surface area (Å²) in [6.45, 7) is 5.07. The molecule has 1 aromatic rings. The van der Waals surface area contributed by atoms with E-state index in [9.17, 15) is 5.11 Å². The SMILES string of the molecule is Cc1ccc(O)c(CNC2CC2C)c1. The van der Waals surface area contributed by atoms with Gasteiger partial charge in [-0.15, -0.1) is 0 Å². The highest BCUT2D eigenvalue weighted by atomic mass is 16.3. The van der Waals surface area contributed by atoms with Crippen LogP contribution in [-0.2, 0) is 6.54 Å². The van der Waals surface area contributed by atoms with Crippen molar-refractivity contribution in [2.45, 2.75) is 32.9 Å². The van der Waals surface area contributed by atoms with Crippen LogP contribution in [0.15, 0.2) is 18.2 Å². The molecule has 0 aliphatic heterocycles. The van der Waals surface area contributed by atoms with Crippen molar-refractivity contribution in [3.8, 4) is 5.75 Å². The fourth-order valence-corrected chi connectivity index (χ4v) is 1.70. The highest BCUT2D eigenvalue weighted by Gasteiger charge is 2.31. The molecular formula is C12H17NO. The average Bonchev–Trinajstić information content (AvgIpc) is 2.84. The molecule has 1 aliphatic rings. The van der Waals surface area contributed by atoms with Gasteiger partial charge in [0, 0.05) is 18.2 Å². The van der Waals surface area contributed by atoms with Gasteiger partial charge in [-0.1, -0.05) is 24.6 Å². The lowest BCUT2D eigenvalue weighted by Gasteiger charge is -2.06. The third kappa shape index (κ3) is 2.07. The summed E-state index contributed by atoms with van der Waals surface area (Å²) < 4.78 is 0. The number of phenolic OH excluding ortho intramolecular Hbond substituents is 1. The summed E-state index contributed by atoms with van der Waals surface area (Å²) in [6.07, 6.45) is 1.27. The first kappa shape index (κ1) is 9.53. The second-order valence-corrected chi connectivity index (χ2v) is 4.33. The molecule has 2 rings (SSSR count). The first-order chi connectivity index (χ1) is 6.66. The Kier molecular flexibility index (Phi) is 2.46. The van der Waals surface area contributed by atoms with Crippen molar-refractivity contribution < 1.29 is 5.11 Å². The molecule has 1 saturated carbocycles. The van der Waals surface area contributed by atoms with Gasteiger partial charge in [0.1, 0.15) is 5.75 Å². The van der Waals surface area contributed by atoms with Crippen molar-refractivity contribution in [3.05, 3.63) is 29.3 Å². The van der Waals surface area contributed by atoms with Gasteiger partial charge in [0.2, 0.25) is 0 Å². The largest absolute Gasteiger partial charge is 0.508 e. The van der Waals surface area contributed by atoms with Crippen molar-refractivity contribution in [1.82, 2.24) is 5.32 Å². The van der Waals surface area contributed by atoms with Crippen LogP contribution < -0.4 is 5.32 Å². The Balaban J connectivity index is 1.97. The van der Waals surface area contributed by atoms with E-state index in [4.69, 9.17) is 0 Å². The third-order valence-corrected chi connectivity index (χ3v) is 2.90. The van der Waals surface area contributed by atoms with Crippen LogP contribution in [0.25, 0.3) is 0 Å². The predicted molar refractivity (Wildman–Crippen MR) is 57.3 cm³/mol. The summed E-state index contributed by atoms with van der Waals surface area (Å²) in [7, 11) is 0. The summed E-state index contributed by atoms with van der Waals surface area (Å²) in [5.41, 5.74) is 2.20. The normalized spacial score (nSPS) is 25.0. The molecule has 1 aliphatic carbocycles. The Morgan fingerprint density at radius 3 is 2.86 bits per heavy atom. The minimum atomic E-state index is 0.399. The van der Waals surface area contributed by atoms with Crippen molar-refractivity contribution in [1.29, 1.82) is 0 Å². The molecule has 0 amide bonds. The number of phenols is 1. The van der Waals surface area contributed by atoms with E-state index in [1.165, 1.54) is 12.0 Å². The standard InChI is InChI=1S/C12H17NO/c1-8-3-4-12(14)10(5-8)7-13-11-6-9(11)2/h3-5,9,11,13-14H,6-7H2,1-2H3. The fourth-order valence-electron chi connectivity index (χ4n) is 1.70. The van der Waals surface area contributed by atoms with E-state index in [2.05, 4.69) is 12.2 Å². The van der Waals surface area contributed by atoms with Gasteiger partial charge >= 0.3 is 0 Å². The Morgan fingerprint density at radius 1 is 1.50 bits per heavy atom. The lowest BCUT2D eigenvalue weighted by atomic mass is 10.1. The van der Waals surface area contributed by atoms with E-state index in [-0.39, 0.29) is 0 Å².